The van der Waals surface area contributed by atoms with E-state index in [1.54, 1.807) is 0 Å². The minimum atomic E-state index is 0.511. The van der Waals surface area contributed by atoms with Crippen LogP contribution in [-0.2, 0) is 0 Å². The number of benzene rings is 1. The van der Waals surface area contributed by atoms with Crippen LogP contribution in [0.3, 0.4) is 0 Å². The molecule has 0 saturated heterocycles. The van der Waals surface area contributed by atoms with Crippen LogP contribution in [-0.4, -0.2) is 12.6 Å². The maximum atomic E-state index is 5.97. The molecule has 3 heteroatoms. The molecule has 0 heterocycles. The van der Waals surface area contributed by atoms with E-state index in [0.717, 1.165) is 17.3 Å². The maximum absolute atomic E-state index is 5.97. The number of nitrogens with two attached hydrogens (primary N) is 1. The van der Waals surface area contributed by atoms with Crippen molar-refractivity contribution in [3.05, 3.63) is 29.3 Å². The Kier molecular flexibility index (Phi) is 4.08. The van der Waals surface area contributed by atoms with E-state index < -0.39 is 0 Å². The normalized spacial score (nSPS) is 25.4. The molecule has 0 amide bonds. The Bertz CT molecular complexity index is 340. The molecular formula is C13H19ClN2. The lowest BCUT2D eigenvalue weighted by atomic mass is 9.84. The number of hydrogen-bond donors (Lipinski definition) is 2. The molecule has 0 bridgehead atoms. The number of hydrogen-bond acceptors (Lipinski definition) is 2. The zero-order valence-corrected chi connectivity index (χ0v) is 10.2. The standard InChI is InChI=1S/C13H19ClN2/c14-11-5-3-6-12(8-11)16-13-7-2-1-4-10(13)9-15/h3,5-6,8,10,13,16H,1-2,4,7,9,15H2. The third-order valence-electron chi connectivity index (χ3n) is 3.39. The minimum Gasteiger partial charge on any atom is -0.382 e. The Labute approximate surface area is 102 Å². The molecule has 2 atom stereocenters. The summed E-state index contributed by atoms with van der Waals surface area (Å²) in [6, 6.07) is 8.42. The van der Waals surface area contributed by atoms with E-state index >= 15 is 0 Å². The Morgan fingerprint density at radius 2 is 2.12 bits per heavy atom. The summed E-state index contributed by atoms with van der Waals surface area (Å²) in [5.74, 6) is 0.604. The molecule has 1 aliphatic rings. The molecule has 2 rings (SSSR count). The molecule has 88 valence electrons. The van der Waals surface area contributed by atoms with E-state index in [9.17, 15) is 0 Å². The van der Waals surface area contributed by atoms with Gasteiger partial charge in [-0.2, -0.15) is 0 Å². The Balaban J connectivity index is 2.02. The van der Waals surface area contributed by atoms with Crippen molar-refractivity contribution in [2.75, 3.05) is 11.9 Å². The van der Waals surface area contributed by atoms with Gasteiger partial charge in [-0.3, -0.25) is 0 Å². The molecule has 2 nitrogen and oxygen atoms in total. The lowest BCUT2D eigenvalue weighted by Crippen LogP contribution is -2.36. The van der Waals surface area contributed by atoms with E-state index in [4.69, 9.17) is 17.3 Å². The monoisotopic (exact) mass is 238 g/mol. The summed E-state index contributed by atoms with van der Waals surface area (Å²) in [5.41, 5.74) is 6.92. The second-order valence-electron chi connectivity index (χ2n) is 4.54. The third-order valence-corrected chi connectivity index (χ3v) is 3.62. The molecule has 1 aromatic carbocycles. The van der Waals surface area contributed by atoms with Crippen molar-refractivity contribution in [2.24, 2.45) is 11.7 Å². The van der Waals surface area contributed by atoms with Gasteiger partial charge in [0, 0.05) is 16.8 Å². The van der Waals surface area contributed by atoms with Gasteiger partial charge in [-0.25, -0.2) is 0 Å². The van der Waals surface area contributed by atoms with Gasteiger partial charge in [0.05, 0.1) is 0 Å². The van der Waals surface area contributed by atoms with Gasteiger partial charge in [-0.15, -0.1) is 0 Å². The molecule has 2 unspecified atom stereocenters. The second-order valence-corrected chi connectivity index (χ2v) is 4.98. The fourth-order valence-electron chi connectivity index (χ4n) is 2.47. The smallest absolute Gasteiger partial charge is 0.0426 e. The van der Waals surface area contributed by atoms with Crippen LogP contribution in [0.25, 0.3) is 0 Å². The molecule has 1 saturated carbocycles. The van der Waals surface area contributed by atoms with Crippen LogP contribution in [0.1, 0.15) is 25.7 Å². The SMILES string of the molecule is NCC1CCCCC1Nc1cccc(Cl)c1. The molecular weight excluding hydrogens is 220 g/mol. The number of anilines is 1. The second kappa shape index (κ2) is 5.55. The van der Waals surface area contributed by atoms with Crippen molar-refractivity contribution >= 4 is 17.3 Å². The zero-order chi connectivity index (χ0) is 11.4. The Morgan fingerprint density at radius 3 is 2.88 bits per heavy atom. The first-order chi connectivity index (χ1) is 7.79. The van der Waals surface area contributed by atoms with Gasteiger partial charge in [-0.05, 0) is 43.5 Å². The van der Waals surface area contributed by atoms with E-state index in [1.165, 1.54) is 25.7 Å². The summed E-state index contributed by atoms with van der Waals surface area (Å²) in [5, 5.41) is 4.34. The van der Waals surface area contributed by atoms with Crippen molar-refractivity contribution in [3.63, 3.8) is 0 Å². The van der Waals surface area contributed by atoms with Crippen molar-refractivity contribution in [1.82, 2.24) is 0 Å². The van der Waals surface area contributed by atoms with Crippen LogP contribution in [0.15, 0.2) is 24.3 Å². The van der Waals surface area contributed by atoms with Crippen LogP contribution in [0.5, 0.6) is 0 Å². The highest BCUT2D eigenvalue weighted by Gasteiger charge is 2.23. The maximum Gasteiger partial charge on any atom is 0.0426 e. The molecule has 0 radical (unpaired) electrons. The average molecular weight is 239 g/mol. The molecule has 1 aromatic rings. The lowest BCUT2D eigenvalue weighted by Gasteiger charge is -2.32. The minimum absolute atomic E-state index is 0.511. The molecule has 0 aromatic heterocycles. The van der Waals surface area contributed by atoms with Crippen LogP contribution >= 0.6 is 11.6 Å². The highest BCUT2D eigenvalue weighted by molar-refractivity contribution is 6.30. The van der Waals surface area contributed by atoms with Crippen LogP contribution < -0.4 is 11.1 Å². The first kappa shape index (κ1) is 11.7. The van der Waals surface area contributed by atoms with E-state index in [-0.39, 0.29) is 0 Å². The Morgan fingerprint density at radius 1 is 1.31 bits per heavy atom. The van der Waals surface area contributed by atoms with Crippen LogP contribution in [0.2, 0.25) is 5.02 Å². The number of rotatable bonds is 3. The van der Waals surface area contributed by atoms with Crippen molar-refractivity contribution in [2.45, 2.75) is 31.7 Å². The fraction of sp³-hybridized carbons (Fsp3) is 0.538. The van der Waals surface area contributed by atoms with Gasteiger partial charge < -0.3 is 11.1 Å². The van der Waals surface area contributed by atoms with Gasteiger partial charge in [-0.1, -0.05) is 30.5 Å². The lowest BCUT2D eigenvalue weighted by molar-refractivity contribution is 0.332. The quantitative estimate of drug-likeness (QED) is 0.848. The Hall–Kier alpha value is -0.730. The van der Waals surface area contributed by atoms with Crippen LogP contribution in [0, 0.1) is 5.92 Å². The first-order valence-corrected chi connectivity index (χ1v) is 6.39. The predicted octanol–water partition coefficient (Wildman–Crippen LogP) is 3.27. The van der Waals surface area contributed by atoms with Crippen molar-refractivity contribution in [1.29, 1.82) is 0 Å². The van der Waals surface area contributed by atoms with Crippen molar-refractivity contribution < 1.29 is 0 Å². The molecule has 1 aliphatic carbocycles. The number of halogens is 1. The van der Waals surface area contributed by atoms with E-state index in [2.05, 4.69) is 11.4 Å². The largest absolute Gasteiger partial charge is 0.382 e. The molecule has 0 spiro atoms. The highest BCUT2D eigenvalue weighted by Crippen LogP contribution is 2.27. The average Bonchev–Trinajstić information content (AvgIpc) is 2.30. The van der Waals surface area contributed by atoms with Gasteiger partial charge in [0.1, 0.15) is 0 Å². The van der Waals surface area contributed by atoms with Crippen LogP contribution in [0.4, 0.5) is 5.69 Å². The number of nitrogens with one attached hydrogen (secondary N) is 1. The highest BCUT2D eigenvalue weighted by atomic mass is 35.5. The summed E-state index contributed by atoms with van der Waals surface area (Å²) in [7, 11) is 0. The van der Waals surface area contributed by atoms with Gasteiger partial charge in [0.2, 0.25) is 0 Å². The summed E-state index contributed by atoms with van der Waals surface area (Å²) >= 11 is 5.97. The van der Waals surface area contributed by atoms with Gasteiger partial charge in [0.15, 0.2) is 0 Å². The molecule has 16 heavy (non-hydrogen) atoms. The van der Waals surface area contributed by atoms with E-state index in [0.29, 0.717) is 12.0 Å². The molecule has 0 aliphatic heterocycles. The summed E-state index contributed by atoms with van der Waals surface area (Å²) in [6.07, 6.45) is 5.08. The predicted molar refractivity (Wildman–Crippen MR) is 69.9 cm³/mol. The third kappa shape index (κ3) is 2.89. The van der Waals surface area contributed by atoms with Gasteiger partial charge in [0.25, 0.3) is 0 Å². The molecule has 1 fully saturated rings. The summed E-state index contributed by atoms with van der Waals surface area (Å²) in [4.78, 5) is 0. The van der Waals surface area contributed by atoms with Gasteiger partial charge >= 0.3 is 0 Å². The zero-order valence-electron chi connectivity index (χ0n) is 9.45. The summed E-state index contributed by atoms with van der Waals surface area (Å²) < 4.78 is 0. The van der Waals surface area contributed by atoms with E-state index in [1.807, 2.05) is 18.2 Å². The first-order valence-electron chi connectivity index (χ1n) is 6.02. The van der Waals surface area contributed by atoms with Crippen molar-refractivity contribution in [3.8, 4) is 0 Å². The topological polar surface area (TPSA) is 38.0 Å². The molecule has 3 N–H and O–H groups in total. The summed E-state index contributed by atoms with van der Waals surface area (Å²) in [6.45, 7) is 0.776. The fourth-order valence-corrected chi connectivity index (χ4v) is 2.66.